The Kier molecular flexibility index (Phi) is 5.28. The van der Waals surface area contributed by atoms with Gasteiger partial charge in [0.1, 0.15) is 0 Å². The smallest absolute Gasteiger partial charge is 0.0762 e. The number of aromatic nitrogens is 2. The Morgan fingerprint density at radius 1 is 1.42 bits per heavy atom. The van der Waals surface area contributed by atoms with Crippen molar-refractivity contribution in [1.29, 1.82) is 0 Å². The van der Waals surface area contributed by atoms with Gasteiger partial charge >= 0.3 is 0 Å². The van der Waals surface area contributed by atoms with E-state index in [-0.39, 0.29) is 5.54 Å². The maximum absolute atomic E-state index is 6.01. The average molecular weight is 284 g/mol. The van der Waals surface area contributed by atoms with Crippen LogP contribution in [0.5, 0.6) is 0 Å². The standard InChI is InChI=1S/C15H26ClN3/c1-3-15(2,12-16)17-11-13-9-10-19(18-13)14-7-5-4-6-8-14/h9-10,14,17H,3-8,11-12H2,1-2H3. The summed E-state index contributed by atoms with van der Waals surface area (Å²) in [5.74, 6) is 0.632. The minimum Gasteiger partial charge on any atom is -0.305 e. The molecule has 19 heavy (non-hydrogen) atoms. The summed E-state index contributed by atoms with van der Waals surface area (Å²) in [6, 6.07) is 2.75. The molecule has 1 atom stereocenters. The molecule has 1 N–H and O–H groups in total. The molecule has 1 heterocycles. The molecule has 108 valence electrons. The Labute approximate surface area is 121 Å². The molecule has 0 saturated heterocycles. The zero-order valence-electron chi connectivity index (χ0n) is 12.2. The van der Waals surface area contributed by atoms with Gasteiger partial charge in [0.15, 0.2) is 0 Å². The topological polar surface area (TPSA) is 29.9 Å². The van der Waals surface area contributed by atoms with Crippen molar-refractivity contribution in [1.82, 2.24) is 15.1 Å². The third kappa shape index (κ3) is 3.96. The lowest BCUT2D eigenvalue weighted by Crippen LogP contribution is -2.43. The van der Waals surface area contributed by atoms with Crippen LogP contribution >= 0.6 is 11.6 Å². The fourth-order valence-electron chi connectivity index (χ4n) is 2.59. The van der Waals surface area contributed by atoms with Gasteiger partial charge in [-0.1, -0.05) is 26.2 Å². The quantitative estimate of drug-likeness (QED) is 0.803. The van der Waals surface area contributed by atoms with Gasteiger partial charge in [0.05, 0.1) is 11.7 Å². The molecular formula is C15H26ClN3. The molecule has 1 aliphatic rings. The van der Waals surface area contributed by atoms with Gasteiger partial charge in [-0.05, 0) is 32.3 Å². The van der Waals surface area contributed by atoms with Crippen molar-refractivity contribution >= 4 is 11.6 Å². The number of nitrogens with one attached hydrogen (secondary N) is 1. The predicted octanol–water partition coefficient (Wildman–Crippen LogP) is 3.89. The van der Waals surface area contributed by atoms with Gasteiger partial charge in [-0.15, -0.1) is 11.6 Å². The van der Waals surface area contributed by atoms with Gasteiger partial charge in [0.25, 0.3) is 0 Å². The summed E-state index contributed by atoms with van der Waals surface area (Å²) < 4.78 is 2.17. The Morgan fingerprint density at radius 3 is 2.79 bits per heavy atom. The molecule has 2 rings (SSSR count). The van der Waals surface area contributed by atoms with Crippen LogP contribution in [0.1, 0.15) is 64.1 Å². The molecule has 0 radical (unpaired) electrons. The molecule has 0 aliphatic heterocycles. The predicted molar refractivity (Wildman–Crippen MR) is 80.6 cm³/mol. The first-order chi connectivity index (χ1) is 9.17. The lowest BCUT2D eigenvalue weighted by molar-refractivity contribution is 0.325. The molecular weight excluding hydrogens is 258 g/mol. The van der Waals surface area contributed by atoms with Crippen LogP contribution in [-0.4, -0.2) is 21.2 Å². The van der Waals surface area contributed by atoms with Crippen molar-refractivity contribution in [3.05, 3.63) is 18.0 Å². The van der Waals surface area contributed by atoms with Gasteiger partial charge in [-0.25, -0.2) is 0 Å². The van der Waals surface area contributed by atoms with Crippen molar-refractivity contribution in [2.24, 2.45) is 0 Å². The molecule has 1 fully saturated rings. The van der Waals surface area contributed by atoms with Crippen LogP contribution in [-0.2, 0) is 6.54 Å². The Bertz CT molecular complexity index is 378. The molecule has 1 aromatic heterocycles. The lowest BCUT2D eigenvalue weighted by atomic mass is 9.96. The van der Waals surface area contributed by atoms with Crippen molar-refractivity contribution in [2.75, 3.05) is 5.88 Å². The summed E-state index contributed by atoms with van der Waals surface area (Å²) in [5.41, 5.74) is 1.13. The maximum atomic E-state index is 6.01. The van der Waals surface area contributed by atoms with E-state index >= 15 is 0 Å². The largest absolute Gasteiger partial charge is 0.305 e. The second kappa shape index (κ2) is 6.76. The first-order valence-corrected chi connectivity index (χ1v) is 8.05. The minimum atomic E-state index is 0.0101. The second-order valence-corrected chi connectivity index (χ2v) is 6.25. The van der Waals surface area contributed by atoms with Crippen molar-refractivity contribution in [3.8, 4) is 0 Å². The van der Waals surface area contributed by atoms with E-state index in [1.54, 1.807) is 0 Å². The van der Waals surface area contributed by atoms with Crippen LogP contribution < -0.4 is 5.32 Å². The van der Waals surface area contributed by atoms with Crippen LogP contribution in [0.25, 0.3) is 0 Å². The monoisotopic (exact) mass is 283 g/mol. The van der Waals surface area contributed by atoms with E-state index in [1.807, 2.05) is 0 Å². The van der Waals surface area contributed by atoms with E-state index in [1.165, 1.54) is 32.1 Å². The number of nitrogens with zero attached hydrogens (tertiary/aromatic N) is 2. The summed E-state index contributed by atoms with van der Waals surface area (Å²) in [6.45, 7) is 5.13. The van der Waals surface area contributed by atoms with Crippen molar-refractivity contribution in [2.45, 2.75) is 70.5 Å². The highest BCUT2D eigenvalue weighted by Gasteiger charge is 2.20. The Balaban J connectivity index is 1.90. The molecule has 1 aliphatic carbocycles. The van der Waals surface area contributed by atoms with E-state index < -0.39 is 0 Å². The molecule has 3 nitrogen and oxygen atoms in total. The zero-order valence-corrected chi connectivity index (χ0v) is 12.9. The van der Waals surface area contributed by atoms with Gasteiger partial charge in [-0.2, -0.15) is 5.10 Å². The van der Waals surface area contributed by atoms with E-state index in [0.29, 0.717) is 11.9 Å². The van der Waals surface area contributed by atoms with E-state index in [9.17, 15) is 0 Å². The van der Waals surface area contributed by atoms with Crippen LogP contribution in [0.4, 0.5) is 0 Å². The van der Waals surface area contributed by atoms with Crippen molar-refractivity contribution < 1.29 is 0 Å². The minimum absolute atomic E-state index is 0.0101. The second-order valence-electron chi connectivity index (χ2n) is 5.98. The summed E-state index contributed by atoms with van der Waals surface area (Å²) in [6.07, 6.45) is 9.80. The fraction of sp³-hybridized carbons (Fsp3) is 0.800. The first kappa shape index (κ1) is 14.9. The molecule has 0 amide bonds. The summed E-state index contributed by atoms with van der Waals surface area (Å²) in [4.78, 5) is 0. The molecule has 1 unspecified atom stereocenters. The average Bonchev–Trinajstić information content (AvgIpc) is 2.95. The number of hydrogen-bond donors (Lipinski definition) is 1. The zero-order chi connectivity index (χ0) is 13.7. The number of alkyl halides is 1. The summed E-state index contributed by atoms with van der Waals surface area (Å²) in [7, 11) is 0. The third-order valence-corrected chi connectivity index (χ3v) is 4.97. The molecule has 0 spiro atoms. The van der Waals surface area contributed by atoms with Crippen LogP contribution in [0, 0.1) is 0 Å². The number of rotatable bonds is 6. The highest BCUT2D eigenvalue weighted by atomic mass is 35.5. The molecule has 0 aromatic carbocycles. The Morgan fingerprint density at radius 2 is 2.16 bits per heavy atom. The van der Waals surface area contributed by atoms with Crippen molar-refractivity contribution in [3.63, 3.8) is 0 Å². The van der Waals surface area contributed by atoms with Crippen LogP contribution in [0.15, 0.2) is 12.3 Å². The van der Waals surface area contributed by atoms with Gasteiger partial charge in [0.2, 0.25) is 0 Å². The number of hydrogen-bond acceptors (Lipinski definition) is 2. The van der Waals surface area contributed by atoms with Gasteiger partial charge < -0.3 is 5.32 Å². The summed E-state index contributed by atoms with van der Waals surface area (Å²) >= 11 is 6.01. The third-order valence-electron chi connectivity index (χ3n) is 4.38. The maximum Gasteiger partial charge on any atom is 0.0762 e. The first-order valence-electron chi connectivity index (χ1n) is 7.52. The molecule has 1 saturated carbocycles. The van der Waals surface area contributed by atoms with E-state index in [4.69, 9.17) is 16.7 Å². The molecule has 1 aromatic rings. The summed E-state index contributed by atoms with van der Waals surface area (Å²) in [5, 5.41) is 8.24. The van der Waals surface area contributed by atoms with Crippen LogP contribution in [0.2, 0.25) is 0 Å². The number of halogens is 1. The highest BCUT2D eigenvalue weighted by Crippen LogP contribution is 2.27. The highest BCUT2D eigenvalue weighted by molar-refractivity contribution is 6.18. The van der Waals surface area contributed by atoms with Gasteiger partial charge in [0, 0.05) is 24.2 Å². The van der Waals surface area contributed by atoms with E-state index in [0.717, 1.165) is 18.7 Å². The molecule has 0 bridgehead atoms. The Hall–Kier alpha value is -0.540. The normalized spacial score (nSPS) is 20.4. The SMILES string of the molecule is CCC(C)(CCl)NCc1ccn(C2CCCCC2)n1. The fourth-order valence-corrected chi connectivity index (χ4v) is 2.87. The van der Waals surface area contributed by atoms with E-state index in [2.05, 4.69) is 36.1 Å². The lowest BCUT2D eigenvalue weighted by Gasteiger charge is -2.26. The van der Waals surface area contributed by atoms with Gasteiger partial charge in [-0.3, -0.25) is 4.68 Å². The molecule has 4 heteroatoms. The van der Waals surface area contributed by atoms with Crippen LogP contribution in [0.3, 0.4) is 0 Å².